The predicted molar refractivity (Wildman–Crippen MR) is 98.7 cm³/mol. The summed E-state index contributed by atoms with van der Waals surface area (Å²) in [7, 11) is 0. The number of hydrogen-bond acceptors (Lipinski definition) is 8. The van der Waals surface area contributed by atoms with Crippen molar-refractivity contribution in [2.75, 3.05) is 82.0 Å². The smallest absolute Gasteiger partial charge is 0.227 e. The molecular weight excluding hydrogens is 334 g/mol. The molecule has 4 heterocycles. The molecule has 3 fully saturated rings. The van der Waals surface area contributed by atoms with Crippen LogP contribution in [0.5, 0.6) is 0 Å². The van der Waals surface area contributed by atoms with E-state index in [1.165, 1.54) is 0 Å². The van der Waals surface area contributed by atoms with Crippen molar-refractivity contribution in [3.63, 3.8) is 0 Å². The van der Waals surface area contributed by atoms with Crippen LogP contribution < -0.4 is 9.80 Å². The fourth-order valence-electron chi connectivity index (χ4n) is 3.89. The molecule has 0 atom stereocenters. The van der Waals surface area contributed by atoms with Gasteiger partial charge < -0.3 is 24.4 Å². The standard InChI is InChI=1S/C18H29N5O3/c24-18(2-11-25-12-3-18)15-21-5-7-22(8-6-21)16-1-4-19-17(20-16)23-9-13-26-14-10-23/h1,4,24H,2-3,5-15H2. The van der Waals surface area contributed by atoms with Crippen LogP contribution in [-0.2, 0) is 9.47 Å². The summed E-state index contributed by atoms with van der Waals surface area (Å²) in [4.78, 5) is 16.1. The van der Waals surface area contributed by atoms with Crippen LogP contribution in [0.2, 0.25) is 0 Å². The van der Waals surface area contributed by atoms with Crippen molar-refractivity contribution in [2.45, 2.75) is 18.4 Å². The molecule has 1 aromatic heterocycles. The molecule has 0 radical (unpaired) electrons. The highest BCUT2D eigenvalue weighted by Gasteiger charge is 2.33. The first-order valence-corrected chi connectivity index (χ1v) is 9.65. The quantitative estimate of drug-likeness (QED) is 0.800. The normalized spacial score (nSPS) is 24.7. The van der Waals surface area contributed by atoms with Gasteiger partial charge in [0.2, 0.25) is 5.95 Å². The van der Waals surface area contributed by atoms with Gasteiger partial charge in [0.1, 0.15) is 5.82 Å². The first-order valence-electron chi connectivity index (χ1n) is 9.65. The Labute approximate surface area is 154 Å². The average molecular weight is 363 g/mol. The van der Waals surface area contributed by atoms with Gasteiger partial charge in [0, 0.05) is 78.1 Å². The van der Waals surface area contributed by atoms with E-state index in [2.05, 4.69) is 19.7 Å². The highest BCUT2D eigenvalue weighted by atomic mass is 16.5. The van der Waals surface area contributed by atoms with Crippen LogP contribution in [0.4, 0.5) is 11.8 Å². The van der Waals surface area contributed by atoms with E-state index in [9.17, 15) is 5.11 Å². The summed E-state index contributed by atoms with van der Waals surface area (Å²) in [6.45, 7) is 8.98. The van der Waals surface area contributed by atoms with Crippen LogP contribution in [0, 0.1) is 0 Å². The van der Waals surface area contributed by atoms with Gasteiger partial charge in [-0.3, -0.25) is 4.90 Å². The minimum atomic E-state index is -0.584. The summed E-state index contributed by atoms with van der Waals surface area (Å²) < 4.78 is 10.8. The molecule has 4 rings (SSSR count). The molecule has 3 aliphatic heterocycles. The van der Waals surface area contributed by atoms with E-state index < -0.39 is 5.60 Å². The topological polar surface area (TPSA) is 74.2 Å². The summed E-state index contributed by atoms with van der Waals surface area (Å²) >= 11 is 0. The first kappa shape index (κ1) is 17.9. The fourth-order valence-corrected chi connectivity index (χ4v) is 3.89. The zero-order valence-electron chi connectivity index (χ0n) is 15.3. The van der Waals surface area contributed by atoms with Crippen molar-refractivity contribution in [1.82, 2.24) is 14.9 Å². The van der Waals surface area contributed by atoms with Crippen molar-refractivity contribution in [3.05, 3.63) is 12.3 Å². The highest BCUT2D eigenvalue weighted by Crippen LogP contribution is 2.23. The van der Waals surface area contributed by atoms with E-state index in [-0.39, 0.29) is 0 Å². The summed E-state index contributed by atoms with van der Waals surface area (Å²) in [5, 5.41) is 10.7. The number of piperazine rings is 1. The number of anilines is 2. The molecule has 0 bridgehead atoms. The third-order valence-corrected chi connectivity index (χ3v) is 5.56. The molecule has 3 aliphatic rings. The Balaban J connectivity index is 1.33. The van der Waals surface area contributed by atoms with Crippen molar-refractivity contribution in [1.29, 1.82) is 0 Å². The Bertz CT molecular complexity index is 582. The third-order valence-electron chi connectivity index (χ3n) is 5.56. The second kappa shape index (κ2) is 8.04. The van der Waals surface area contributed by atoms with Crippen LogP contribution in [0.25, 0.3) is 0 Å². The minimum absolute atomic E-state index is 0.584. The maximum absolute atomic E-state index is 10.7. The molecule has 0 amide bonds. The number of morpholine rings is 1. The molecule has 0 aliphatic carbocycles. The van der Waals surface area contributed by atoms with Crippen LogP contribution in [-0.4, -0.2) is 97.8 Å². The Hall–Kier alpha value is -1.48. The minimum Gasteiger partial charge on any atom is -0.388 e. The Morgan fingerprint density at radius 2 is 1.62 bits per heavy atom. The summed E-state index contributed by atoms with van der Waals surface area (Å²) in [6, 6.07) is 1.99. The number of ether oxygens (including phenoxy) is 2. The van der Waals surface area contributed by atoms with Crippen molar-refractivity contribution in [3.8, 4) is 0 Å². The van der Waals surface area contributed by atoms with Gasteiger partial charge in [-0.1, -0.05) is 0 Å². The lowest BCUT2D eigenvalue weighted by atomic mass is 9.93. The van der Waals surface area contributed by atoms with Gasteiger partial charge in [-0.15, -0.1) is 0 Å². The second-order valence-electron chi connectivity index (χ2n) is 7.41. The molecule has 144 valence electrons. The molecule has 3 saturated heterocycles. The molecule has 0 unspecified atom stereocenters. The van der Waals surface area contributed by atoms with Gasteiger partial charge in [-0.05, 0) is 6.07 Å². The van der Waals surface area contributed by atoms with Gasteiger partial charge >= 0.3 is 0 Å². The van der Waals surface area contributed by atoms with Crippen LogP contribution in [0.3, 0.4) is 0 Å². The molecular formula is C18H29N5O3. The molecule has 8 heteroatoms. The first-order chi connectivity index (χ1) is 12.7. The van der Waals surface area contributed by atoms with Crippen LogP contribution in [0.15, 0.2) is 12.3 Å². The lowest BCUT2D eigenvalue weighted by Crippen LogP contribution is -2.53. The Kier molecular flexibility index (Phi) is 5.54. The zero-order chi connectivity index (χ0) is 17.8. The average Bonchev–Trinajstić information content (AvgIpc) is 2.70. The maximum Gasteiger partial charge on any atom is 0.227 e. The van der Waals surface area contributed by atoms with Gasteiger partial charge in [0.15, 0.2) is 0 Å². The monoisotopic (exact) mass is 363 g/mol. The predicted octanol–water partition coefficient (Wildman–Crippen LogP) is -0.0233. The lowest BCUT2D eigenvalue weighted by molar-refractivity contribution is -0.0802. The van der Waals surface area contributed by atoms with Gasteiger partial charge in [0.05, 0.1) is 18.8 Å². The summed E-state index contributed by atoms with van der Waals surface area (Å²) in [5.74, 6) is 1.79. The SMILES string of the molecule is OC1(CN2CCN(c3ccnc(N4CCOCC4)n3)CC2)CCOCC1. The zero-order valence-corrected chi connectivity index (χ0v) is 15.3. The number of aromatic nitrogens is 2. The molecule has 8 nitrogen and oxygen atoms in total. The van der Waals surface area contributed by atoms with E-state index >= 15 is 0 Å². The van der Waals surface area contributed by atoms with E-state index in [0.717, 1.165) is 83.6 Å². The van der Waals surface area contributed by atoms with Crippen LogP contribution >= 0.6 is 0 Å². The lowest BCUT2D eigenvalue weighted by Gasteiger charge is -2.41. The molecule has 1 aromatic rings. The highest BCUT2D eigenvalue weighted by molar-refractivity contribution is 5.44. The third kappa shape index (κ3) is 4.25. The number of β-amino-alcohol motifs (C(OH)–C–C–N with tert-alkyl or cyclic N) is 1. The molecule has 0 aromatic carbocycles. The summed E-state index contributed by atoms with van der Waals surface area (Å²) in [6.07, 6.45) is 3.33. The van der Waals surface area contributed by atoms with Gasteiger partial charge in [0.25, 0.3) is 0 Å². The van der Waals surface area contributed by atoms with E-state index in [1.54, 1.807) is 0 Å². The second-order valence-corrected chi connectivity index (χ2v) is 7.41. The van der Waals surface area contributed by atoms with E-state index in [1.807, 2.05) is 12.3 Å². The van der Waals surface area contributed by atoms with Crippen LogP contribution in [0.1, 0.15) is 12.8 Å². The van der Waals surface area contributed by atoms with Crippen molar-refractivity contribution in [2.24, 2.45) is 0 Å². The van der Waals surface area contributed by atoms with E-state index in [4.69, 9.17) is 14.5 Å². The molecule has 26 heavy (non-hydrogen) atoms. The van der Waals surface area contributed by atoms with Crippen molar-refractivity contribution >= 4 is 11.8 Å². The van der Waals surface area contributed by atoms with Crippen molar-refractivity contribution < 1.29 is 14.6 Å². The molecule has 0 spiro atoms. The van der Waals surface area contributed by atoms with E-state index in [0.29, 0.717) is 13.2 Å². The number of rotatable bonds is 4. The number of hydrogen-bond donors (Lipinski definition) is 1. The van der Waals surface area contributed by atoms with Gasteiger partial charge in [-0.25, -0.2) is 4.98 Å². The van der Waals surface area contributed by atoms with Gasteiger partial charge in [-0.2, -0.15) is 4.98 Å². The number of nitrogens with zero attached hydrogens (tertiary/aromatic N) is 5. The molecule has 0 saturated carbocycles. The Morgan fingerprint density at radius 3 is 2.35 bits per heavy atom. The fraction of sp³-hybridized carbons (Fsp3) is 0.778. The molecule has 1 N–H and O–H groups in total. The largest absolute Gasteiger partial charge is 0.388 e. The number of aliphatic hydroxyl groups is 1. The summed E-state index contributed by atoms with van der Waals surface area (Å²) in [5.41, 5.74) is -0.584. The maximum atomic E-state index is 10.7. The Morgan fingerprint density at radius 1 is 0.923 bits per heavy atom.